The van der Waals surface area contributed by atoms with E-state index in [2.05, 4.69) is 26.0 Å². The van der Waals surface area contributed by atoms with Crippen molar-refractivity contribution in [1.29, 1.82) is 0 Å². The van der Waals surface area contributed by atoms with Crippen LogP contribution in [0, 0.1) is 0 Å². The molecule has 0 aliphatic rings. The van der Waals surface area contributed by atoms with Gasteiger partial charge in [-0.15, -0.1) is 0 Å². The molecule has 3 N–H and O–H groups in total. The lowest BCUT2D eigenvalue weighted by atomic mass is 10.0. The molecule has 0 fully saturated rings. The summed E-state index contributed by atoms with van der Waals surface area (Å²) in [6, 6.07) is 0. The van der Waals surface area contributed by atoms with Gasteiger partial charge in [-0.3, -0.25) is 18.6 Å². The van der Waals surface area contributed by atoms with E-state index in [9.17, 15) is 29.3 Å². The maximum absolute atomic E-state index is 12.4. The van der Waals surface area contributed by atoms with E-state index in [4.69, 9.17) is 18.5 Å². The van der Waals surface area contributed by atoms with Crippen molar-refractivity contribution in [3.63, 3.8) is 0 Å². The van der Waals surface area contributed by atoms with Gasteiger partial charge in [0.25, 0.3) is 0 Å². The van der Waals surface area contributed by atoms with E-state index >= 15 is 0 Å². The molecular formula is C52H101O10P. The van der Waals surface area contributed by atoms with Crippen LogP contribution in [0.2, 0.25) is 0 Å². The van der Waals surface area contributed by atoms with Crippen LogP contribution in [0.3, 0.4) is 0 Å². The van der Waals surface area contributed by atoms with Crippen LogP contribution in [-0.2, 0) is 32.7 Å². The number of aliphatic hydroxyl groups is 2. The van der Waals surface area contributed by atoms with Gasteiger partial charge in [-0.05, 0) is 38.5 Å². The minimum absolute atomic E-state index is 0.191. The molecule has 0 spiro atoms. The molecule has 0 aromatic heterocycles. The van der Waals surface area contributed by atoms with E-state index in [1.165, 1.54) is 186 Å². The Hall–Kier alpha value is -1.29. The van der Waals surface area contributed by atoms with Crippen LogP contribution < -0.4 is 0 Å². The van der Waals surface area contributed by atoms with Crippen molar-refractivity contribution < 1.29 is 47.8 Å². The van der Waals surface area contributed by atoms with Crippen LogP contribution in [-0.4, -0.2) is 65.7 Å². The zero-order valence-electron chi connectivity index (χ0n) is 41.1. The average molecular weight is 917 g/mol. The minimum Gasteiger partial charge on any atom is -0.457 e. The molecule has 0 amide bonds. The number of hydrogen-bond donors (Lipinski definition) is 3. The van der Waals surface area contributed by atoms with Gasteiger partial charge >= 0.3 is 19.8 Å². The summed E-state index contributed by atoms with van der Waals surface area (Å²) >= 11 is 0. The molecule has 3 atom stereocenters. The third-order valence-electron chi connectivity index (χ3n) is 12.0. The number of phosphoric ester groups is 1. The summed E-state index contributed by atoms with van der Waals surface area (Å²) in [5.41, 5.74) is 0. The largest absolute Gasteiger partial charge is 0.472 e. The third-order valence-corrected chi connectivity index (χ3v) is 12.9. The fraction of sp³-hybridized carbons (Fsp3) is 0.923. The lowest BCUT2D eigenvalue weighted by Gasteiger charge is -2.20. The van der Waals surface area contributed by atoms with E-state index in [0.717, 1.165) is 44.9 Å². The number of carbonyl (C=O) groups excluding carboxylic acids is 2. The van der Waals surface area contributed by atoms with E-state index in [1.54, 1.807) is 0 Å². The summed E-state index contributed by atoms with van der Waals surface area (Å²) < 4.78 is 32.8. The highest BCUT2D eigenvalue weighted by Gasteiger charge is 2.27. The van der Waals surface area contributed by atoms with Gasteiger partial charge in [0.05, 0.1) is 26.4 Å². The topological polar surface area (TPSA) is 149 Å². The van der Waals surface area contributed by atoms with Crippen molar-refractivity contribution >= 4 is 19.8 Å². The molecule has 0 saturated carbocycles. The van der Waals surface area contributed by atoms with Gasteiger partial charge < -0.3 is 24.6 Å². The maximum Gasteiger partial charge on any atom is 0.472 e. The molecule has 0 radical (unpaired) electrons. The van der Waals surface area contributed by atoms with Crippen LogP contribution in [0.25, 0.3) is 0 Å². The van der Waals surface area contributed by atoms with Gasteiger partial charge in [-0.1, -0.05) is 231 Å². The number of allylic oxidation sites excluding steroid dienone is 2. The van der Waals surface area contributed by atoms with Gasteiger partial charge in [-0.2, -0.15) is 0 Å². The van der Waals surface area contributed by atoms with Crippen LogP contribution >= 0.6 is 7.82 Å². The van der Waals surface area contributed by atoms with Crippen LogP contribution in [0.5, 0.6) is 0 Å². The normalized spacial score (nSPS) is 13.7. The number of unbranched alkanes of at least 4 members (excludes halogenated alkanes) is 35. The predicted molar refractivity (Wildman–Crippen MR) is 261 cm³/mol. The monoisotopic (exact) mass is 917 g/mol. The minimum atomic E-state index is -4.64. The van der Waals surface area contributed by atoms with Crippen LogP contribution in [0.1, 0.15) is 271 Å². The molecule has 0 bridgehead atoms. The predicted octanol–water partition coefficient (Wildman–Crippen LogP) is 15.1. The zero-order chi connectivity index (χ0) is 46.2. The molecule has 11 heteroatoms. The Morgan fingerprint density at radius 2 is 0.651 bits per heavy atom. The summed E-state index contributed by atoms with van der Waals surface area (Å²) in [5.74, 6) is -1.01. The van der Waals surface area contributed by atoms with Gasteiger partial charge in [0.15, 0.2) is 0 Å². The average Bonchev–Trinajstić information content (AvgIpc) is 3.27. The van der Waals surface area contributed by atoms with Gasteiger partial charge in [0, 0.05) is 12.8 Å². The Morgan fingerprint density at radius 1 is 0.413 bits per heavy atom. The van der Waals surface area contributed by atoms with Crippen LogP contribution in [0.15, 0.2) is 12.2 Å². The third kappa shape index (κ3) is 47.0. The molecule has 0 aromatic rings. The molecule has 0 aliphatic carbocycles. The lowest BCUT2D eigenvalue weighted by Crippen LogP contribution is -2.28. The first-order valence-electron chi connectivity index (χ1n) is 26.6. The lowest BCUT2D eigenvalue weighted by molar-refractivity contribution is -0.153. The smallest absolute Gasteiger partial charge is 0.457 e. The van der Waals surface area contributed by atoms with Crippen molar-refractivity contribution in [2.24, 2.45) is 0 Å². The fourth-order valence-corrected chi connectivity index (χ4v) is 8.66. The molecule has 3 unspecified atom stereocenters. The standard InChI is InChI=1S/C52H101O10P/c1-3-5-7-9-11-13-15-17-19-21-23-24-25-26-28-30-32-34-36-38-40-42-44-52(56)62-50(46-54)48-60-63(57,58)59-47-49(45-53)61-51(55)43-41-39-37-35-33-31-29-27-22-20-18-16-14-12-10-8-6-4-2/h20,22,49-50,53-54H,3-19,21,23-48H2,1-2H3,(H,57,58)/b22-20-. The Labute approximate surface area is 387 Å². The summed E-state index contributed by atoms with van der Waals surface area (Å²) in [6.07, 6.45) is 50.5. The van der Waals surface area contributed by atoms with E-state index < -0.39 is 58.4 Å². The molecule has 63 heavy (non-hydrogen) atoms. The number of hydrogen-bond acceptors (Lipinski definition) is 9. The van der Waals surface area contributed by atoms with Gasteiger partial charge in [0.2, 0.25) is 0 Å². The summed E-state index contributed by atoms with van der Waals surface area (Å²) in [6.45, 7) is 2.27. The molecule has 0 saturated heterocycles. The second kappa shape index (κ2) is 48.6. The highest BCUT2D eigenvalue weighted by Crippen LogP contribution is 2.43. The Bertz CT molecular complexity index is 1060. The number of aliphatic hydroxyl groups excluding tert-OH is 2. The van der Waals surface area contributed by atoms with Crippen molar-refractivity contribution in [1.82, 2.24) is 0 Å². The van der Waals surface area contributed by atoms with E-state index in [1.807, 2.05) is 0 Å². The molecule has 374 valence electrons. The van der Waals surface area contributed by atoms with Crippen molar-refractivity contribution in [2.75, 3.05) is 26.4 Å². The second-order valence-electron chi connectivity index (χ2n) is 18.2. The molecule has 0 aliphatic heterocycles. The number of phosphoric acid groups is 1. The first-order valence-corrected chi connectivity index (χ1v) is 28.1. The molecule has 10 nitrogen and oxygen atoms in total. The second-order valence-corrected chi connectivity index (χ2v) is 19.7. The summed E-state index contributed by atoms with van der Waals surface area (Å²) in [4.78, 5) is 34.7. The van der Waals surface area contributed by atoms with Crippen molar-refractivity contribution in [3.05, 3.63) is 12.2 Å². The Kier molecular flexibility index (Phi) is 47.6. The number of ether oxygens (including phenoxy) is 2. The molecule has 0 aromatic carbocycles. The Morgan fingerprint density at radius 3 is 0.905 bits per heavy atom. The summed E-state index contributed by atoms with van der Waals surface area (Å²) in [5, 5.41) is 19.3. The fourth-order valence-electron chi connectivity index (χ4n) is 7.88. The van der Waals surface area contributed by atoms with Gasteiger partial charge in [0.1, 0.15) is 12.2 Å². The van der Waals surface area contributed by atoms with Crippen molar-refractivity contribution in [3.8, 4) is 0 Å². The van der Waals surface area contributed by atoms with E-state index in [-0.39, 0.29) is 12.8 Å². The number of carbonyl (C=O) groups is 2. The highest BCUT2D eigenvalue weighted by atomic mass is 31.2. The molecular weight excluding hydrogens is 816 g/mol. The quantitative estimate of drug-likeness (QED) is 0.0233. The number of rotatable bonds is 51. The van der Waals surface area contributed by atoms with Crippen molar-refractivity contribution in [2.45, 2.75) is 283 Å². The van der Waals surface area contributed by atoms with Gasteiger partial charge in [-0.25, -0.2) is 4.57 Å². The number of esters is 2. The first kappa shape index (κ1) is 61.7. The maximum atomic E-state index is 12.4. The Balaban J connectivity index is 3.78. The zero-order valence-corrected chi connectivity index (χ0v) is 42.0. The summed E-state index contributed by atoms with van der Waals surface area (Å²) in [7, 11) is -4.64. The molecule has 0 heterocycles. The van der Waals surface area contributed by atoms with Crippen LogP contribution in [0.4, 0.5) is 0 Å². The highest BCUT2D eigenvalue weighted by molar-refractivity contribution is 7.47. The van der Waals surface area contributed by atoms with E-state index in [0.29, 0.717) is 12.8 Å². The molecule has 0 rings (SSSR count). The SMILES string of the molecule is CCCCCCCCC/C=C\CCCCCCCCCC(=O)OC(CO)COP(=O)(O)OCC(CO)OC(=O)CCCCCCCCCCCCCCCCCCCCCCCC. The first-order chi connectivity index (χ1) is 30.8.